The monoisotopic (exact) mass is 291 g/mol. The van der Waals surface area contributed by atoms with Gasteiger partial charge in [-0.1, -0.05) is 11.6 Å². The minimum atomic E-state index is -4.22. The van der Waals surface area contributed by atoms with E-state index in [0.29, 0.717) is 0 Å². The van der Waals surface area contributed by atoms with Gasteiger partial charge >= 0.3 is 0 Å². The van der Waals surface area contributed by atoms with Gasteiger partial charge in [0.2, 0.25) is 0 Å². The summed E-state index contributed by atoms with van der Waals surface area (Å²) in [6.45, 7) is 0. The molecule has 1 aromatic heterocycles. The van der Waals surface area contributed by atoms with Crippen LogP contribution >= 0.6 is 22.3 Å². The average molecular weight is 292 g/mol. The first-order valence-electron chi connectivity index (χ1n) is 3.74. The van der Waals surface area contributed by atoms with E-state index < -0.39 is 26.2 Å². The maximum absolute atomic E-state index is 12.5. The molecule has 0 saturated heterocycles. The van der Waals surface area contributed by atoms with Gasteiger partial charge in [0.15, 0.2) is 16.5 Å². The van der Waals surface area contributed by atoms with E-state index in [2.05, 4.69) is 9.72 Å². The number of rotatable bonds is 3. The van der Waals surface area contributed by atoms with Crippen molar-refractivity contribution in [1.29, 1.82) is 0 Å². The summed E-state index contributed by atoms with van der Waals surface area (Å²) in [6.07, 6.45) is -3.02. The van der Waals surface area contributed by atoms with Crippen LogP contribution < -0.4 is 4.74 Å². The standard InChI is InChI=1S/C7H5Cl2F2NO3S/c1-15-6-3(8)2-4(16(9,13)14)12-5(6)7(10)11/h2,7H,1H3. The van der Waals surface area contributed by atoms with Gasteiger partial charge < -0.3 is 4.74 Å². The van der Waals surface area contributed by atoms with Crippen LogP contribution in [0.4, 0.5) is 8.78 Å². The molecule has 1 heterocycles. The van der Waals surface area contributed by atoms with Crippen LogP contribution in [0.25, 0.3) is 0 Å². The third kappa shape index (κ3) is 2.72. The second kappa shape index (κ2) is 4.68. The number of ether oxygens (including phenoxy) is 1. The van der Waals surface area contributed by atoms with Crippen LogP contribution in [-0.4, -0.2) is 20.5 Å². The Morgan fingerprint density at radius 2 is 2.06 bits per heavy atom. The molecule has 0 saturated carbocycles. The Hall–Kier alpha value is -0.660. The lowest BCUT2D eigenvalue weighted by atomic mass is 10.3. The molecule has 1 rings (SSSR count). The van der Waals surface area contributed by atoms with Crippen LogP contribution in [0.3, 0.4) is 0 Å². The number of nitrogens with zero attached hydrogens (tertiary/aromatic N) is 1. The van der Waals surface area contributed by atoms with Crippen molar-refractivity contribution in [3.63, 3.8) is 0 Å². The van der Waals surface area contributed by atoms with E-state index in [4.69, 9.17) is 22.3 Å². The Balaban J connectivity index is 3.52. The molecule has 16 heavy (non-hydrogen) atoms. The minimum absolute atomic E-state index is 0.299. The summed E-state index contributed by atoms with van der Waals surface area (Å²) >= 11 is 5.56. The zero-order valence-electron chi connectivity index (χ0n) is 7.75. The first kappa shape index (κ1) is 13.4. The number of hydrogen-bond donors (Lipinski definition) is 0. The van der Waals surface area contributed by atoms with Crippen molar-refractivity contribution in [3.05, 3.63) is 16.8 Å². The molecule has 0 aromatic carbocycles. The summed E-state index contributed by atoms with van der Waals surface area (Å²) in [6, 6.07) is 0.842. The van der Waals surface area contributed by atoms with E-state index in [-0.39, 0.29) is 10.8 Å². The molecule has 0 spiro atoms. The number of hydrogen-bond acceptors (Lipinski definition) is 4. The predicted molar refractivity (Wildman–Crippen MR) is 53.8 cm³/mol. The summed E-state index contributed by atoms with van der Waals surface area (Å²) in [4.78, 5) is 3.20. The molecule has 1 aromatic rings. The van der Waals surface area contributed by atoms with E-state index in [0.717, 1.165) is 13.2 Å². The normalized spacial score (nSPS) is 11.9. The van der Waals surface area contributed by atoms with Crippen molar-refractivity contribution < 1.29 is 21.9 Å². The second-order valence-corrected chi connectivity index (χ2v) is 5.52. The van der Waals surface area contributed by atoms with Crippen LogP contribution in [-0.2, 0) is 9.05 Å². The number of halogens is 4. The lowest BCUT2D eigenvalue weighted by molar-refractivity contribution is 0.140. The molecule has 0 aliphatic carbocycles. The van der Waals surface area contributed by atoms with E-state index in [1.54, 1.807) is 0 Å². The molecule has 0 unspecified atom stereocenters. The van der Waals surface area contributed by atoms with Gasteiger partial charge in [-0.2, -0.15) is 0 Å². The van der Waals surface area contributed by atoms with Crippen molar-refractivity contribution >= 4 is 31.3 Å². The maximum atomic E-state index is 12.5. The highest BCUT2D eigenvalue weighted by atomic mass is 35.7. The molecule has 0 radical (unpaired) electrons. The smallest absolute Gasteiger partial charge is 0.284 e. The van der Waals surface area contributed by atoms with Gasteiger partial charge in [-0.05, 0) is 6.07 Å². The summed E-state index contributed by atoms with van der Waals surface area (Å²) in [5, 5.41) is -1.04. The van der Waals surface area contributed by atoms with Crippen LogP contribution in [0.5, 0.6) is 5.75 Å². The largest absolute Gasteiger partial charge is 0.493 e. The molecule has 0 fully saturated rings. The van der Waals surface area contributed by atoms with Gasteiger partial charge in [-0.3, -0.25) is 0 Å². The fourth-order valence-electron chi connectivity index (χ4n) is 0.973. The van der Waals surface area contributed by atoms with Crippen molar-refractivity contribution in [2.75, 3.05) is 7.11 Å². The molecule has 0 bridgehead atoms. The fourth-order valence-corrected chi connectivity index (χ4v) is 2.02. The zero-order valence-corrected chi connectivity index (χ0v) is 10.1. The summed E-state index contributed by atoms with van der Waals surface area (Å²) < 4.78 is 51.5. The van der Waals surface area contributed by atoms with E-state index >= 15 is 0 Å². The Morgan fingerprint density at radius 3 is 2.44 bits per heavy atom. The van der Waals surface area contributed by atoms with E-state index in [9.17, 15) is 17.2 Å². The van der Waals surface area contributed by atoms with Gasteiger partial charge in [-0.15, -0.1) is 0 Å². The number of aromatic nitrogens is 1. The van der Waals surface area contributed by atoms with Crippen LogP contribution in [0.15, 0.2) is 11.1 Å². The van der Waals surface area contributed by atoms with Gasteiger partial charge in [0, 0.05) is 10.7 Å². The predicted octanol–water partition coefficient (Wildman–Crippen LogP) is 2.61. The number of methoxy groups -OCH3 is 1. The first-order valence-corrected chi connectivity index (χ1v) is 6.43. The Bertz CT molecular complexity index is 507. The third-order valence-electron chi connectivity index (χ3n) is 1.59. The molecule has 0 aliphatic rings. The van der Waals surface area contributed by atoms with E-state index in [1.807, 2.05) is 0 Å². The Kier molecular flexibility index (Phi) is 3.92. The quantitative estimate of drug-likeness (QED) is 0.803. The zero-order chi connectivity index (χ0) is 12.5. The summed E-state index contributed by atoms with van der Waals surface area (Å²) in [7, 11) is 1.86. The molecular formula is C7H5Cl2F2NO3S. The highest BCUT2D eigenvalue weighted by Crippen LogP contribution is 2.35. The molecule has 4 nitrogen and oxygen atoms in total. The molecule has 0 atom stereocenters. The van der Waals surface area contributed by atoms with Crippen molar-refractivity contribution in [2.24, 2.45) is 0 Å². The third-order valence-corrected chi connectivity index (χ3v) is 3.05. The van der Waals surface area contributed by atoms with Crippen LogP contribution in [0.2, 0.25) is 5.02 Å². The summed E-state index contributed by atoms with van der Waals surface area (Å²) in [5.74, 6) is -0.374. The lowest BCUT2D eigenvalue weighted by Crippen LogP contribution is -2.03. The van der Waals surface area contributed by atoms with Crippen LogP contribution in [0.1, 0.15) is 12.1 Å². The lowest BCUT2D eigenvalue weighted by Gasteiger charge is -2.09. The molecule has 0 amide bonds. The van der Waals surface area contributed by atoms with Gasteiger partial charge in [0.05, 0.1) is 12.1 Å². The molecule has 0 N–H and O–H groups in total. The maximum Gasteiger partial charge on any atom is 0.284 e. The van der Waals surface area contributed by atoms with Gasteiger partial charge in [-0.25, -0.2) is 22.2 Å². The Labute approximate surface area is 99.6 Å². The number of pyridine rings is 1. The average Bonchev–Trinajstić information content (AvgIpc) is 2.14. The first-order chi connectivity index (χ1) is 7.27. The van der Waals surface area contributed by atoms with Gasteiger partial charge in [0.25, 0.3) is 15.5 Å². The topological polar surface area (TPSA) is 56.3 Å². The highest BCUT2D eigenvalue weighted by molar-refractivity contribution is 8.13. The highest BCUT2D eigenvalue weighted by Gasteiger charge is 2.24. The van der Waals surface area contributed by atoms with Crippen molar-refractivity contribution in [1.82, 2.24) is 4.98 Å². The molecule has 90 valence electrons. The van der Waals surface area contributed by atoms with E-state index in [1.165, 1.54) is 0 Å². The SMILES string of the molecule is COc1c(Cl)cc(S(=O)(=O)Cl)nc1C(F)F. The van der Waals surface area contributed by atoms with Crippen LogP contribution in [0, 0.1) is 0 Å². The molecular weight excluding hydrogens is 287 g/mol. The van der Waals surface area contributed by atoms with Crippen molar-refractivity contribution in [2.45, 2.75) is 11.5 Å². The Morgan fingerprint density at radius 1 is 1.50 bits per heavy atom. The number of alkyl halides is 2. The molecule has 0 aliphatic heterocycles. The second-order valence-electron chi connectivity index (χ2n) is 2.60. The molecule has 9 heteroatoms. The fraction of sp³-hybridized carbons (Fsp3) is 0.286. The minimum Gasteiger partial charge on any atom is -0.493 e. The van der Waals surface area contributed by atoms with Crippen molar-refractivity contribution in [3.8, 4) is 5.75 Å². The van der Waals surface area contributed by atoms with Gasteiger partial charge in [0.1, 0.15) is 0 Å². The summed E-state index contributed by atoms with van der Waals surface area (Å²) in [5.41, 5.74) is -0.866.